The summed E-state index contributed by atoms with van der Waals surface area (Å²) < 4.78 is 6.18. The van der Waals surface area contributed by atoms with Crippen molar-refractivity contribution >= 4 is 51.5 Å². The lowest BCUT2D eigenvalue weighted by atomic mass is 10.0. The number of anilines is 2. The number of likely N-dealkylation sites (N-methyl/N-ethyl adjacent to an activating group) is 1. The lowest BCUT2D eigenvalue weighted by Crippen LogP contribution is -2.48. The van der Waals surface area contributed by atoms with E-state index in [1.165, 1.54) is 11.3 Å². The van der Waals surface area contributed by atoms with E-state index < -0.39 is 17.5 Å². The van der Waals surface area contributed by atoms with Crippen molar-refractivity contribution in [2.24, 2.45) is 5.73 Å². The monoisotopic (exact) mass is 521 g/mol. The van der Waals surface area contributed by atoms with Crippen LogP contribution in [0, 0.1) is 0 Å². The molecule has 1 aromatic carbocycles. The van der Waals surface area contributed by atoms with Crippen molar-refractivity contribution in [2.75, 3.05) is 30.8 Å². The van der Waals surface area contributed by atoms with Crippen LogP contribution in [0.2, 0.25) is 5.02 Å². The van der Waals surface area contributed by atoms with E-state index in [0.29, 0.717) is 34.1 Å². The second kappa shape index (κ2) is 11.0. The molecule has 1 aliphatic heterocycles. The second-order valence-corrected chi connectivity index (χ2v) is 11.7. The molecule has 1 aromatic heterocycles. The number of halogens is 1. The molecule has 0 radical (unpaired) electrons. The van der Waals surface area contributed by atoms with Gasteiger partial charge in [0.2, 0.25) is 0 Å². The quantitative estimate of drug-likeness (QED) is 0.253. The minimum Gasteiger partial charge on any atom is -0.460 e. The Morgan fingerprint density at radius 2 is 1.83 bits per heavy atom. The predicted octanol–water partition coefficient (Wildman–Crippen LogP) is 5.16. The molecule has 0 bridgehead atoms. The van der Waals surface area contributed by atoms with E-state index in [1.54, 1.807) is 24.3 Å². The number of quaternary nitrogens is 1. The molecule has 1 aliphatic rings. The molecule has 3 amide bonds. The first kappa shape index (κ1) is 27.0. The molecule has 1 unspecified atom stereocenters. The lowest BCUT2D eigenvalue weighted by molar-refractivity contribution is -0.924. The summed E-state index contributed by atoms with van der Waals surface area (Å²) in [6.07, 6.45) is 2.77. The molecule has 4 N–H and O–H groups in total. The zero-order valence-corrected chi connectivity index (χ0v) is 22.3. The standard InChI is InChI=1S/C25H33ClN4O4S/c1-25(2,3)34-20(31)7-5-6-13-30(4)14-12-18-19(15-30)35-23(21(18)22(27)32)29-24(33)28-17-10-8-16(26)9-11-17/h8-11H,5-7,12-15H2,1-4H3,(H3-,27,28,29,32,33)/p+1. The number of nitrogens with one attached hydrogen (secondary N) is 2. The van der Waals surface area contributed by atoms with Gasteiger partial charge in [-0.1, -0.05) is 11.6 Å². The summed E-state index contributed by atoms with van der Waals surface area (Å²) in [6.45, 7) is 8.11. The largest absolute Gasteiger partial charge is 0.460 e. The number of ether oxygens (including phenoxy) is 1. The summed E-state index contributed by atoms with van der Waals surface area (Å²) in [5.41, 5.74) is 7.14. The van der Waals surface area contributed by atoms with E-state index >= 15 is 0 Å². The van der Waals surface area contributed by atoms with Crippen LogP contribution in [0.1, 0.15) is 60.8 Å². The van der Waals surface area contributed by atoms with Crippen LogP contribution in [0.25, 0.3) is 0 Å². The fourth-order valence-electron chi connectivity index (χ4n) is 4.21. The van der Waals surface area contributed by atoms with Crippen LogP contribution in [-0.2, 0) is 22.5 Å². The summed E-state index contributed by atoms with van der Waals surface area (Å²) in [5, 5.41) is 6.58. The van der Waals surface area contributed by atoms with Gasteiger partial charge in [-0.3, -0.25) is 14.9 Å². The fourth-order valence-corrected chi connectivity index (χ4v) is 5.75. The third-order valence-electron chi connectivity index (χ3n) is 5.84. The zero-order valence-electron chi connectivity index (χ0n) is 20.7. The van der Waals surface area contributed by atoms with Gasteiger partial charge in [0.25, 0.3) is 5.91 Å². The number of unbranched alkanes of at least 4 members (excludes halogenated alkanes) is 1. The van der Waals surface area contributed by atoms with Gasteiger partial charge in [0, 0.05) is 23.6 Å². The molecule has 8 nitrogen and oxygen atoms in total. The SMILES string of the molecule is CC(C)(C)OC(=O)CCCC[N+]1(C)CCc2c(sc(NC(=O)Nc3ccc(Cl)cc3)c2C(N)=O)C1. The maximum absolute atomic E-state index is 12.6. The molecule has 0 saturated carbocycles. The third kappa shape index (κ3) is 7.68. The Labute approximate surface area is 215 Å². The van der Waals surface area contributed by atoms with Gasteiger partial charge in [-0.05, 0) is 63.4 Å². The molecular formula is C25H34ClN4O4S+. The first-order valence-electron chi connectivity index (χ1n) is 11.7. The number of hydrogen-bond acceptors (Lipinski definition) is 5. The average Bonchev–Trinajstić information content (AvgIpc) is 3.08. The Balaban J connectivity index is 1.62. The fraction of sp³-hybridized carbons (Fsp3) is 0.480. The second-order valence-electron chi connectivity index (χ2n) is 10.2. The highest BCUT2D eigenvalue weighted by atomic mass is 35.5. The van der Waals surface area contributed by atoms with Gasteiger partial charge in [-0.2, -0.15) is 0 Å². The Hall–Kier alpha value is -2.62. The summed E-state index contributed by atoms with van der Waals surface area (Å²) in [7, 11) is 2.18. The molecule has 0 spiro atoms. The molecule has 2 aromatic rings. The van der Waals surface area contributed by atoms with Crippen molar-refractivity contribution in [1.29, 1.82) is 0 Å². The number of nitrogens with zero attached hydrogens (tertiary/aromatic N) is 1. The Bertz CT molecular complexity index is 1090. The van der Waals surface area contributed by atoms with Crippen molar-refractivity contribution in [1.82, 2.24) is 0 Å². The van der Waals surface area contributed by atoms with Crippen LogP contribution >= 0.6 is 22.9 Å². The summed E-state index contributed by atoms with van der Waals surface area (Å²) in [4.78, 5) is 37.8. The van der Waals surface area contributed by atoms with Crippen molar-refractivity contribution in [2.45, 2.75) is 58.6 Å². The van der Waals surface area contributed by atoms with E-state index in [1.807, 2.05) is 20.8 Å². The highest BCUT2D eigenvalue weighted by Gasteiger charge is 2.34. The molecule has 10 heteroatoms. The van der Waals surface area contributed by atoms with Gasteiger partial charge in [-0.15, -0.1) is 11.3 Å². The molecule has 2 heterocycles. The molecule has 0 saturated heterocycles. The molecule has 3 rings (SSSR count). The van der Waals surface area contributed by atoms with Crippen LogP contribution in [0.4, 0.5) is 15.5 Å². The van der Waals surface area contributed by atoms with Gasteiger partial charge in [0.1, 0.15) is 17.1 Å². The van der Waals surface area contributed by atoms with Gasteiger partial charge in [0.05, 0.1) is 30.6 Å². The number of urea groups is 1. The van der Waals surface area contributed by atoms with Crippen LogP contribution in [0.3, 0.4) is 0 Å². The van der Waals surface area contributed by atoms with Crippen molar-refractivity contribution in [3.63, 3.8) is 0 Å². The normalized spacial score (nSPS) is 17.4. The van der Waals surface area contributed by atoms with Crippen molar-refractivity contribution in [3.8, 4) is 0 Å². The van der Waals surface area contributed by atoms with Crippen LogP contribution in [0.15, 0.2) is 24.3 Å². The lowest BCUT2D eigenvalue weighted by Gasteiger charge is -2.37. The number of primary amides is 1. The number of fused-ring (bicyclic) bond motifs is 1. The summed E-state index contributed by atoms with van der Waals surface area (Å²) >= 11 is 7.29. The van der Waals surface area contributed by atoms with Crippen molar-refractivity contribution < 1.29 is 23.6 Å². The Kier molecular flexibility index (Phi) is 8.46. The third-order valence-corrected chi connectivity index (χ3v) is 7.23. The van der Waals surface area contributed by atoms with E-state index in [-0.39, 0.29) is 5.97 Å². The minimum absolute atomic E-state index is 0.168. The molecule has 0 fully saturated rings. The summed E-state index contributed by atoms with van der Waals surface area (Å²) in [5.74, 6) is -0.712. The number of carbonyl (C=O) groups excluding carboxylic acids is 3. The smallest absolute Gasteiger partial charge is 0.324 e. The van der Waals surface area contributed by atoms with E-state index in [9.17, 15) is 14.4 Å². The molecule has 0 aliphatic carbocycles. The number of amides is 3. The number of carbonyl (C=O) groups is 3. The first-order chi connectivity index (χ1) is 16.3. The number of benzene rings is 1. The van der Waals surface area contributed by atoms with Gasteiger partial charge >= 0.3 is 12.0 Å². The van der Waals surface area contributed by atoms with Gasteiger partial charge in [-0.25, -0.2) is 4.79 Å². The zero-order chi connectivity index (χ0) is 25.8. The average molecular weight is 522 g/mol. The molecule has 190 valence electrons. The number of hydrogen-bond donors (Lipinski definition) is 3. The summed E-state index contributed by atoms with van der Waals surface area (Å²) in [6, 6.07) is 6.31. The Morgan fingerprint density at radius 3 is 2.46 bits per heavy atom. The number of rotatable bonds is 8. The molecule has 35 heavy (non-hydrogen) atoms. The number of esters is 1. The number of nitrogens with two attached hydrogens (primary N) is 1. The minimum atomic E-state index is -0.544. The first-order valence-corrected chi connectivity index (χ1v) is 12.9. The molecular weight excluding hydrogens is 488 g/mol. The van der Waals surface area contributed by atoms with Crippen LogP contribution in [0.5, 0.6) is 0 Å². The maximum atomic E-state index is 12.6. The van der Waals surface area contributed by atoms with E-state index in [4.69, 9.17) is 22.1 Å². The highest BCUT2D eigenvalue weighted by Crippen LogP contribution is 2.38. The number of thiophene rings is 1. The van der Waals surface area contributed by atoms with Gasteiger partial charge < -0.3 is 20.3 Å². The Morgan fingerprint density at radius 1 is 1.14 bits per heavy atom. The molecule has 1 atom stereocenters. The van der Waals surface area contributed by atoms with E-state index in [2.05, 4.69) is 17.7 Å². The highest BCUT2D eigenvalue weighted by molar-refractivity contribution is 7.17. The van der Waals surface area contributed by atoms with Crippen LogP contribution < -0.4 is 16.4 Å². The van der Waals surface area contributed by atoms with Crippen LogP contribution in [-0.4, -0.2) is 48.1 Å². The van der Waals surface area contributed by atoms with E-state index in [0.717, 1.165) is 47.4 Å². The topological polar surface area (TPSA) is 111 Å². The van der Waals surface area contributed by atoms with Crippen molar-refractivity contribution in [3.05, 3.63) is 45.3 Å². The maximum Gasteiger partial charge on any atom is 0.324 e. The van der Waals surface area contributed by atoms with Gasteiger partial charge in [0.15, 0.2) is 0 Å². The predicted molar refractivity (Wildman–Crippen MR) is 140 cm³/mol.